The summed E-state index contributed by atoms with van der Waals surface area (Å²) in [5.74, 6) is 3.56. The van der Waals surface area contributed by atoms with E-state index < -0.39 is 0 Å². The van der Waals surface area contributed by atoms with Gasteiger partial charge >= 0.3 is 0 Å². The number of likely N-dealkylation sites (tertiary alicyclic amines) is 3. The molecule has 0 aromatic rings. The molecule has 12 rings (SSSR count). The summed E-state index contributed by atoms with van der Waals surface area (Å²) in [6.07, 6.45) is 22.4. The highest BCUT2D eigenvalue weighted by atomic mass is 16.2. The first kappa shape index (κ1) is 80.1. The first-order valence-electron chi connectivity index (χ1n) is 37.0. The fourth-order valence-corrected chi connectivity index (χ4v) is 15.4. The number of carbonyl (C=O) groups is 1. The minimum Gasteiger partial charge on any atom is -0.337 e. The number of carbonyl (C=O) groups excluding carboxylic acids is 1. The number of amides is 1. The van der Waals surface area contributed by atoms with Crippen LogP contribution in [0.15, 0.2) is 0 Å². The summed E-state index contributed by atoms with van der Waals surface area (Å²) in [6, 6.07) is 9.32. The van der Waals surface area contributed by atoms with Crippen molar-refractivity contribution in [2.75, 3.05) is 105 Å². The van der Waals surface area contributed by atoms with E-state index in [0.29, 0.717) is 18.0 Å². The molecule has 11 heteroatoms. The van der Waals surface area contributed by atoms with Crippen molar-refractivity contribution in [1.29, 1.82) is 0 Å². The molecule has 0 spiro atoms. The Morgan fingerprint density at radius 2 is 0.807 bits per heavy atom. The monoisotopic (exact) mass is 1170 g/mol. The molecule has 83 heavy (non-hydrogen) atoms. The van der Waals surface area contributed by atoms with Gasteiger partial charge in [0.25, 0.3) is 0 Å². The lowest BCUT2D eigenvalue weighted by molar-refractivity contribution is -0.130. The maximum atomic E-state index is 11.4. The normalized spacial score (nSPS) is 30.2. The minimum absolute atomic E-state index is 0.369. The zero-order valence-corrected chi connectivity index (χ0v) is 60.7. The van der Waals surface area contributed by atoms with E-state index in [1.807, 2.05) is 83.1 Å². The van der Waals surface area contributed by atoms with Crippen molar-refractivity contribution in [3.8, 4) is 0 Å². The standard InChI is InChI=1S/C12H23N.C11H22N2.C10H18N2O.C10H20N2.C9H17N.C8H16N2.6C2H6/c1-10(2)13-8-7-11-5-3-4-6-12(11)9-13;1-10(2)13-8-7-12-6-4-3-5-11(12)9-13;1-8(2)11-5-6-12-9(7-11)3-4-10(12)13;1-9(2)12-7-6-11-5-3-4-10(11)8-12;1-7(2)10-6-8-3-4-9(10)5-8;1-6(2)10-5-7-3-8(10)4-9-7;6*1-2/h10-12H,3-9H2,1-2H3;10-11H,3-9H2,1-2H3;8-9H,3-7H2,1-2H3;9-10H,3-8H2,1-2H3;7-9H,3-6H2,1-2H3;6-9H,3-5H2,1-2H3;6*1-2H3. The molecule has 0 aromatic heterocycles. The fourth-order valence-electron chi connectivity index (χ4n) is 15.4. The smallest absolute Gasteiger partial charge is 0.222 e. The third-order valence-corrected chi connectivity index (χ3v) is 20.1. The number of hydrogen-bond donors (Lipinski definition) is 1. The van der Waals surface area contributed by atoms with E-state index in [0.717, 1.165) is 111 Å². The average Bonchev–Trinajstić information content (AvgIpc) is 4.60. The summed E-state index contributed by atoms with van der Waals surface area (Å²) in [5, 5.41) is 3.50. The SMILES string of the molecule is CC.CC.CC.CC.CC.CC.CC(C)N1CC2CC1CN2.CC(C)N1CC2CCC1C2.CC(C)N1CCC2CCCCC2C1.CC(C)N1CCN2C(=O)CCC2C1.CC(C)N1CCN2CCCC2C1.CC(C)N1CCN2CCCCC2C1. The van der Waals surface area contributed by atoms with Gasteiger partial charge in [-0.15, -0.1) is 0 Å². The number of piperidine rings is 3. The first-order chi connectivity index (χ1) is 40.0. The van der Waals surface area contributed by atoms with Crippen molar-refractivity contribution in [2.45, 2.75) is 341 Å². The van der Waals surface area contributed by atoms with Crippen LogP contribution in [0.2, 0.25) is 0 Å². The van der Waals surface area contributed by atoms with E-state index in [9.17, 15) is 4.79 Å². The zero-order valence-electron chi connectivity index (χ0n) is 60.7. The van der Waals surface area contributed by atoms with E-state index in [1.165, 1.54) is 175 Å². The molecule has 11 nitrogen and oxygen atoms in total. The molecule has 10 aliphatic heterocycles. The third-order valence-electron chi connectivity index (χ3n) is 20.1. The Balaban J connectivity index is 0.000000481. The second-order valence-corrected chi connectivity index (χ2v) is 26.7. The number of nitrogens with zero attached hydrogens (tertiary/aromatic N) is 9. The van der Waals surface area contributed by atoms with Gasteiger partial charge in [0.1, 0.15) is 0 Å². The summed E-state index contributed by atoms with van der Waals surface area (Å²) < 4.78 is 0. The number of nitrogens with one attached hydrogen (secondary N) is 1. The molecule has 9 unspecified atom stereocenters. The largest absolute Gasteiger partial charge is 0.337 e. The van der Waals surface area contributed by atoms with E-state index in [1.54, 1.807) is 0 Å². The topological polar surface area (TPSA) is 58.3 Å². The van der Waals surface area contributed by atoms with Gasteiger partial charge in [-0.25, -0.2) is 0 Å². The molecule has 1 amide bonds. The van der Waals surface area contributed by atoms with Crippen LogP contribution in [-0.2, 0) is 4.79 Å². The van der Waals surface area contributed by atoms with Crippen LogP contribution in [-0.4, -0.2) is 227 Å². The molecule has 9 atom stereocenters. The predicted octanol–water partition coefficient (Wildman–Crippen LogP) is 14.8. The summed E-state index contributed by atoms with van der Waals surface area (Å²) >= 11 is 0. The van der Waals surface area contributed by atoms with Crippen LogP contribution in [0.5, 0.6) is 0 Å². The maximum Gasteiger partial charge on any atom is 0.222 e. The predicted molar refractivity (Wildman–Crippen MR) is 369 cm³/mol. The highest BCUT2D eigenvalue weighted by Gasteiger charge is 2.40. The summed E-state index contributed by atoms with van der Waals surface area (Å²) in [7, 11) is 0. The zero-order chi connectivity index (χ0) is 62.8. The van der Waals surface area contributed by atoms with Gasteiger partial charge in [0.15, 0.2) is 0 Å². The van der Waals surface area contributed by atoms with Crippen molar-refractivity contribution in [3.05, 3.63) is 0 Å². The van der Waals surface area contributed by atoms with Gasteiger partial charge in [-0.3, -0.25) is 39.1 Å². The molecule has 4 bridgehead atoms. The fraction of sp³-hybridized carbons (Fsp3) is 0.986. The molecule has 0 aromatic carbocycles. The van der Waals surface area contributed by atoms with Crippen LogP contribution in [0.4, 0.5) is 0 Å². The summed E-state index contributed by atoms with van der Waals surface area (Å²) in [5.41, 5.74) is 0. The van der Waals surface area contributed by atoms with Crippen molar-refractivity contribution in [2.24, 2.45) is 17.8 Å². The van der Waals surface area contributed by atoms with Gasteiger partial charge in [0.05, 0.1) is 0 Å². The molecule has 12 fully saturated rings. The molecule has 496 valence electrons. The Morgan fingerprint density at radius 1 is 0.349 bits per heavy atom. The lowest BCUT2D eigenvalue weighted by atomic mass is 9.75. The van der Waals surface area contributed by atoms with Crippen LogP contribution in [0.3, 0.4) is 0 Å². The molecular formula is C72H152N10O. The van der Waals surface area contributed by atoms with Crippen LogP contribution in [0.25, 0.3) is 0 Å². The van der Waals surface area contributed by atoms with Gasteiger partial charge in [-0.05, 0) is 191 Å². The summed E-state index contributed by atoms with van der Waals surface area (Å²) in [6.45, 7) is 71.9. The molecule has 10 saturated heterocycles. The molecule has 12 aliphatic rings. The molecule has 1 N–H and O–H groups in total. The minimum atomic E-state index is 0.369. The van der Waals surface area contributed by atoms with Gasteiger partial charge < -0.3 is 15.1 Å². The lowest BCUT2D eigenvalue weighted by Gasteiger charge is -2.45. The Kier molecular flexibility index (Phi) is 43.8. The van der Waals surface area contributed by atoms with E-state index >= 15 is 0 Å². The number of piperazine rings is 4. The number of fused-ring (bicyclic) bond motifs is 8. The second kappa shape index (κ2) is 45.4. The maximum absolute atomic E-state index is 11.4. The van der Waals surface area contributed by atoms with E-state index in [4.69, 9.17) is 0 Å². The molecule has 2 aliphatic carbocycles. The Labute approximate surface area is 521 Å². The van der Waals surface area contributed by atoms with Gasteiger partial charge in [0.2, 0.25) is 5.91 Å². The van der Waals surface area contributed by atoms with Crippen LogP contribution in [0.1, 0.15) is 269 Å². The Morgan fingerprint density at radius 3 is 1.24 bits per heavy atom. The highest BCUT2D eigenvalue weighted by molar-refractivity contribution is 5.78. The van der Waals surface area contributed by atoms with Crippen LogP contribution in [0, 0.1) is 17.8 Å². The van der Waals surface area contributed by atoms with Crippen molar-refractivity contribution >= 4 is 5.91 Å². The number of rotatable bonds is 6. The third kappa shape index (κ3) is 26.6. The van der Waals surface area contributed by atoms with E-state index in [2.05, 4.69) is 133 Å². The van der Waals surface area contributed by atoms with E-state index in [-0.39, 0.29) is 0 Å². The molecule has 2 saturated carbocycles. The molecule has 10 heterocycles. The molecule has 0 radical (unpaired) electrons. The Hall–Kier alpha value is -0.890. The van der Waals surface area contributed by atoms with Gasteiger partial charge in [0, 0.05) is 164 Å². The number of hydrogen-bond acceptors (Lipinski definition) is 10. The van der Waals surface area contributed by atoms with Gasteiger partial charge in [-0.1, -0.05) is 109 Å². The lowest BCUT2D eigenvalue weighted by Crippen LogP contribution is -2.56. The van der Waals surface area contributed by atoms with Crippen molar-refractivity contribution < 1.29 is 4.79 Å². The highest BCUT2D eigenvalue weighted by Crippen LogP contribution is 2.39. The average molecular weight is 1170 g/mol. The van der Waals surface area contributed by atoms with Crippen molar-refractivity contribution in [3.63, 3.8) is 0 Å². The summed E-state index contributed by atoms with van der Waals surface area (Å²) in [4.78, 5) is 34.5. The molecular weight excluding hydrogens is 1020 g/mol. The van der Waals surface area contributed by atoms with Crippen LogP contribution < -0.4 is 5.32 Å². The second-order valence-electron chi connectivity index (χ2n) is 26.7. The first-order valence-corrected chi connectivity index (χ1v) is 37.0. The van der Waals surface area contributed by atoms with Gasteiger partial charge in [-0.2, -0.15) is 0 Å². The van der Waals surface area contributed by atoms with Crippen LogP contribution >= 0.6 is 0 Å². The van der Waals surface area contributed by atoms with Crippen molar-refractivity contribution in [1.82, 2.24) is 49.4 Å². The quantitative estimate of drug-likeness (QED) is 0.278. The Bertz CT molecular complexity index is 1470.